The lowest BCUT2D eigenvalue weighted by Crippen LogP contribution is -2.29. The number of anilines is 1. The summed E-state index contributed by atoms with van der Waals surface area (Å²) in [6.07, 6.45) is -4.58. The fourth-order valence-electron chi connectivity index (χ4n) is 3.46. The molecular formula is C21H20ClF3N4O3. The van der Waals surface area contributed by atoms with Crippen molar-refractivity contribution in [2.45, 2.75) is 38.9 Å². The third-order valence-corrected chi connectivity index (χ3v) is 5.38. The molecule has 0 bridgehead atoms. The highest BCUT2D eigenvalue weighted by Gasteiger charge is 2.40. The zero-order chi connectivity index (χ0) is 24.0. The van der Waals surface area contributed by atoms with Crippen molar-refractivity contribution in [2.75, 3.05) is 5.32 Å². The van der Waals surface area contributed by atoms with Crippen molar-refractivity contribution < 1.29 is 23.1 Å². The van der Waals surface area contributed by atoms with Gasteiger partial charge in [0.2, 0.25) is 0 Å². The maximum absolute atomic E-state index is 13.4. The number of aromatic nitrogens is 3. The number of carboxylic acid groups (broad SMARTS) is 1. The Labute approximate surface area is 185 Å². The highest BCUT2D eigenvalue weighted by molar-refractivity contribution is 6.29. The van der Waals surface area contributed by atoms with Crippen LogP contribution < -0.4 is 10.9 Å². The normalized spacial score (nSPS) is 13.8. The number of pyridine rings is 1. The molecule has 2 N–H and O–H groups in total. The average Bonchev–Trinajstić information content (AvgIpc) is 2.70. The predicted molar refractivity (Wildman–Crippen MR) is 114 cm³/mol. The fraction of sp³-hybridized carbons (Fsp3) is 0.333. The second kappa shape index (κ2) is 8.42. The van der Waals surface area contributed by atoms with Crippen LogP contribution in [0.15, 0.2) is 29.1 Å². The molecule has 0 radical (unpaired) electrons. The summed E-state index contributed by atoms with van der Waals surface area (Å²) in [6.45, 7) is 4.37. The maximum Gasteiger partial charge on any atom is 0.398 e. The van der Waals surface area contributed by atoms with Crippen LogP contribution in [0.4, 0.5) is 18.9 Å². The molecule has 0 aliphatic rings. The Morgan fingerprint density at radius 1 is 1.22 bits per heavy atom. The highest BCUT2D eigenvalue weighted by Crippen LogP contribution is 2.34. The smallest absolute Gasteiger partial charge is 0.398 e. The first-order valence-electron chi connectivity index (χ1n) is 9.55. The van der Waals surface area contributed by atoms with Crippen LogP contribution in [0.25, 0.3) is 10.9 Å². The van der Waals surface area contributed by atoms with E-state index < -0.39 is 35.5 Å². The number of nitrogens with one attached hydrogen (secondary N) is 1. The number of alkyl halides is 3. The Morgan fingerprint density at radius 3 is 2.47 bits per heavy atom. The van der Waals surface area contributed by atoms with Gasteiger partial charge in [0.05, 0.1) is 22.6 Å². The van der Waals surface area contributed by atoms with Crippen LogP contribution in [0.1, 0.15) is 53.2 Å². The standard InChI is InChI=1S/C21H20ClF3N4O3/c1-9-7-12(11(3)26-14-5-6-15(22)27-17(14)20(31)32)16-13(8-9)19(30)29(4)18(28-16)10(2)21(23,24)25/h5-8,10-11,26H,1-4H3,(H,31,32)/t10-,11-/m1/s1. The summed E-state index contributed by atoms with van der Waals surface area (Å²) in [4.78, 5) is 32.4. The molecule has 2 atom stereocenters. The van der Waals surface area contributed by atoms with Gasteiger partial charge in [-0.2, -0.15) is 13.2 Å². The van der Waals surface area contributed by atoms with E-state index in [1.165, 1.54) is 19.2 Å². The molecule has 0 saturated carbocycles. The van der Waals surface area contributed by atoms with Crippen molar-refractivity contribution in [2.24, 2.45) is 7.05 Å². The zero-order valence-corrected chi connectivity index (χ0v) is 18.3. The molecule has 0 saturated heterocycles. The molecule has 7 nitrogen and oxygen atoms in total. The minimum Gasteiger partial charge on any atom is -0.476 e. The lowest BCUT2D eigenvalue weighted by Gasteiger charge is -2.22. The van der Waals surface area contributed by atoms with Crippen LogP contribution in [0, 0.1) is 6.92 Å². The molecule has 0 aliphatic heterocycles. The van der Waals surface area contributed by atoms with Crippen LogP contribution in [0.2, 0.25) is 5.15 Å². The number of rotatable bonds is 5. The number of nitrogens with zero attached hydrogens (tertiary/aromatic N) is 3. The van der Waals surface area contributed by atoms with E-state index in [9.17, 15) is 27.9 Å². The van der Waals surface area contributed by atoms with Crippen LogP contribution in [-0.2, 0) is 7.05 Å². The number of carboxylic acids is 1. The van der Waals surface area contributed by atoms with E-state index in [0.29, 0.717) is 11.1 Å². The van der Waals surface area contributed by atoms with Crippen LogP contribution >= 0.6 is 11.6 Å². The number of benzene rings is 1. The maximum atomic E-state index is 13.4. The SMILES string of the molecule is Cc1cc([C@@H](C)Nc2ccc(Cl)nc2C(=O)O)c2nc([C@@H](C)C(F)(F)F)n(C)c(=O)c2c1. The predicted octanol–water partition coefficient (Wildman–Crippen LogP) is 4.83. The molecule has 0 spiro atoms. The quantitative estimate of drug-likeness (QED) is 0.521. The topological polar surface area (TPSA) is 97.1 Å². The van der Waals surface area contributed by atoms with Gasteiger partial charge in [-0.15, -0.1) is 0 Å². The summed E-state index contributed by atoms with van der Waals surface area (Å²) in [5.74, 6) is -3.67. The van der Waals surface area contributed by atoms with Crippen molar-refractivity contribution in [3.05, 3.63) is 62.4 Å². The van der Waals surface area contributed by atoms with Crippen LogP contribution in [0.5, 0.6) is 0 Å². The molecule has 32 heavy (non-hydrogen) atoms. The van der Waals surface area contributed by atoms with Gasteiger partial charge in [0.25, 0.3) is 5.56 Å². The van der Waals surface area contributed by atoms with E-state index in [1.54, 1.807) is 26.0 Å². The molecule has 3 rings (SSSR count). The summed E-state index contributed by atoms with van der Waals surface area (Å²) >= 11 is 5.79. The highest BCUT2D eigenvalue weighted by atomic mass is 35.5. The van der Waals surface area contributed by atoms with Crippen molar-refractivity contribution in [3.8, 4) is 0 Å². The third kappa shape index (κ3) is 4.40. The van der Waals surface area contributed by atoms with Gasteiger partial charge in [-0.25, -0.2) is 14.8 Å². The van der Waals surface area contributed by atoms with E-state index >= 15 is 0 Å². The largest absolute Gasteiger partial charge is 0.476 e. The molecule has 0 fully saturated rings. The van der Waals surface area contributed by atoms with Gasteiger partial charge in [0.15, 0.2) is 5.69 Å². The molecule has 11 heteroatoms. The van der Waals surface area contributed by atoms with Crippen molar-refractivity contribution >= 4 is 34.2 Å². The molecule has 3 aromatic rings. The fourth-order valence-corrected chi connectivity index (χ4v) is 3.61. The Balaban J connectivity index is 2.19. The molecule has 0 aliphatic carbocycles. The average molecular weight is 469 g/mol. The van der Waals surface area contributed by atoms with Gasteiger partial charge in [-0.05, 0) is 44.5 Å². The van der Waals surface area contributed by atoms with Crippen molar-refractivity contribution in [3.63, 3.8) is 0 Å². The molecule has 2 aromatic heterocycles. The first kappa shape index (κ1) is 23.5. The van der Waals surface area contributed by atoms with E-state index in [2.05, 4.69) is 15.3 Å². The second-order valence-corrected chi connectivity index (χ2v) is 7.94. The second-order valence-electron chi connectivity index (χ2n) is 7.55. The van der Waals surface area contributed by atoms with Gasteiger partial charge in [0.1, 0.15) is 16.9 Å². The van der Waals surface area contributed by atoms with E-state index in [0.717, 1.165) is 11.5 Å². The Morgan fingerprint density at radius 2 is 1.88 bits per heavy atom. The summed E-state index contributed by atoms with van der Waals surface area (Å²) in [5.41, 5.74) is 0.513. The Kier molecular flexibility index (Phi) is 6.19. The zero-order valence-electron chi connectivity index (χ0n) is 17.6. The summed E-state index contributed by atoms with van der Waals surface area (Å²) < 4.78 is 41.0. The van der Waals surface area contributed by atoms with Gasteiger partial charge >= 0.3 is 12.1 Å². The Bertz CT molecular complexity index is 1270. The molecule has 1 aromatic carbocycles. The number of carbonyl (C=O) groups is 1. The van der Waals surface area contributed by atoms with Crippen molar-refractivity contribution in [1.29, 1.82) is 0 Å². The number of aryl methyl sites for hydroxylation is 1. The Hall–Kier alpha value is -3.14. The van der Waals surface area contributed by atoms with Crippen LogP contribution in [-0.4, -0.2) is 31.8 Å². The van der Waals surface area contributed by atoms with E-state index in [4.69, 9.17) is 11.6 Å². The first-order valence-corrected chi connectivity index (χ1v) is 9.93. The molecule has 0 unspecified atom stereocenters. The lowest BCUT2D eigenvalue weighted by molar-refractivity contribution is -0.148. The summed E-state index contributed by atoms with van der Waals surface area (Å²) in [6, 6.07) is 5.49. The third-order valence-electron chi connectivity index (χ3n) is 5.17. The molecular weight excluding hydrogens is 449 g/mol. The van der Waals surface area contributed by atoms with E-state index in [-0.39, 0.29) is 27.4 Å². The lowest BCUT2D eigenvalue weighted by atomic mass is 10.00. The number of fused-ring (bicyclic) bond motifs is 1. The van der Waals surface area contributed by atoms with Crippen LogP contribution in [0.3, 0.4) is 0 Å². The molecule has 0 amide bonds. The first-order chi connectivity index (χ1) is 14.8. The summed E-state index contributed by atoms with van der Waals surface area (Å²) in [7, 11) is 1.26. The molecule has 170 valence electrons. The monoisotopic (exact) mass is 468 g/mol. The van der Waals surface area contributed by atoms with Crippen molar-refractivity contribution in [1.82, 2.24) is 14.5 Å². The van der Waals surface area contributed by atoms with E-state index in [1.807, 2.05) is 0 Å². The van der Waals surface area contributed by atoms with Gasteiger partial charge in [0, 0.05) is 12.6 Å². The summed E-state index contributed by atoms with van der Waals surface area (Å²) in [5, 5.41) is 12.6. The van der Waals surface area contributed by atoms with Gasteiger partial charge in [-0.1, -0.05) is 17.7 Å². The molecule has 2 heterocycles. The number of hydrogen-bond acceptors (Lipinski definition) is 5. The minimum atomic E-state index is -4.58. The number of halogens is 4. The van der Waals surface area contributed by atoms with Gasteiger partial charge in [-0.3, -0.25) is 9.36 Å². The minimum absolute atomic E-state index is 0.00227. The number of hydrogen-bond donors (Lipinski definition) is 2. The number of aromatic carboxylic acids is 1. The van der Waals surface area contributed by atoms with Gasteiger partial charge < -0.3 is 10.4 Å².